The molecule has 0 aliphatic carbocycles. The summed E-state index contributed by atoms with van der Waals surface area (Å²) < 4.78 is 5.36. The summed E-state index contributed by atoms with van der Waals surface area (Å²) in [6.45, 7) is 0. The molecule has 120 valence electrons. The smallest absolute Gasteiger partial charge is 0.345 e. The number of hydrogen-bond donors (Lipinski definition) is 0. The topological polar surface area (TPSA) is 66.9 Å². The molecule has 6 heteroatoms. The first-order chi connectivity index (χ1) is 12.2. The number of hydrogen-bond acceptors (Lipinski definition) is 6. The maximum Gasteiger partial charge on any atom is 0.345 e. The Balaban J connectivity index is 1.78. The van der Waals surface area contributed by atoms with E-state index >= 15 is 0 Å². The number of aromatic nitrogens is 1. The molecule has 1 aromatic carbocycles. The van der Waals surface area contributed by atoms with Gasteiger partial charge in [0.25, 0.3) is 0 Å². The summed E-state index contributed by atoms with van der Waals surface area (Å²) in [5.74, 6) is 0. The van der Waals surface area contributed by atoms with Crippen LogP contribution in [0.25, 0.3) is 33.9 Å². The molecule has 4 aromatic rings. The average molecular weight is 362 g/mol. The minimum atomic E-state index is -0.434. The monoisotopic (exact) mass is 362 g/mol. The van der Waals surface area contributed by atoms with Gasteiger partial charge < -0.3 is 4.42 Å². The van der Waals surface area contributed by atoms with Crippen molar-refractivity contribution in [1.82, 2.24) is 4.98 Å². The Morgan fingerprint density at radius 2 is 2.08 bits per heavy atom. The lowest BCUT2D eigenvalue weighted by molar-refractivity contribution is 0.563. The Kier molecular flexibility index (Phi) is 4.02. The van der Waals surface area contributed by atoms with Crippen LogP contribution in [0.3, 0.4) is 0 Å². The molecule has 3 heterocycles. The molecule has 4 nitrogen and oxygen atoms in total. The number of para-hydroxylation sites is 1. The van der Waals surface area contributed by atoms with Crippen molar-refractivity contribution in [2.24, 2.45) is 0 Å². The lowest BCUT2D eigenvalue weighted by atomic mass is 10.1. The molecule has 0 amide bonds. The van der Waals surface area contributed by atoms with Gasteiger partial charge in [0, 0.05) is 15.6 Å². The summed E-state index contributed by atoms with van der Waals surface area (Å²) in [7, 11) is 0. The van der Waals surface area contributed by atoms with Gasteiger partial charge in [0.1, 0.15) is 16.7 Å². The third-order valence-electron chi connectivity index (χ3n) is 3.60. The number of allylic oxidation sites excluding steroid dienone is 1. The molecule has 0 unspecified atom stereocenters. The standard InChI is InChI=1S/C19H10N2O2S2/c20-10-13(8-14-5-3-7-24-14)18-21-16(11-25-18)15-9-12-4-1-2-6-17(12)23-19(15)22/h1-9,11H/b13-8-. The third kappa shape index (κ3) is 3.03. The largest absolute Gasteiger partial charge is 0.422 e. The zero-order valence-electron chi connectivity index (χ0n) is 12.8. The molecule has 0 radical (unpaired) electrons. The molecule has 0 N–H and O–H groups in total. The Labute approximate surface area is 150 Å². The van der Waals surface area contributed by atoms with Crippen molar-refractivity contribution in [3.05, 3.63) is 73.5 Å². The fraction of sp³-hybridized carbons (Fsp3) is 0. The number of thiazole rings is 1. The molecular weight excluding hydrogens is 352 g/mol. The van der Waals surface area contributed by atoms with Crippen LogP contribution in [0, 0.1) is 11.3 Å². The summed E-state index contributed by atoms with van der Waals surface area (Å²) in [6.07, 6.45) is 1.80. The highest BCUT2D eigenvalue weighted by Crippen LogP contribution is 2.28. The van der Waals surface area contributed by atoms with E-state index in [1.807, 2.05) is 35.7 Å². The summed E-state index contributed by atoms with van der Waals surface area (Å²) in [4.78, 5) is 17.7. The van der Waals surface area contributed by atoms with E-state index in [1.54, 1.807) is 34.9 Å². The van der Waals surface area contributed by atoms with Crippen LogP contribution in [-0.2, 0) is 0 Å². The molecule has 0 saturated carbocycles. The molecule has 0 bridgehead atoms. The van der Waals surface area contributed by atoms with Gasteiger partial charge in [0.2, 0.25) is 0 Å². The van der Waals surface area contributed by atoms with Gasteiger partial charge in [-0.2, -0.15) is 5.26 Å². The number of nitrogens with zero attached hydrogens (tertiary/aromatic N) is 2. The minimum Gasteiger partial charge on any atom is -0.422 e. The van der Waals surface area contributed by atoms with Crippen molar-refractivity contribution < 1.29 is 4.42 Å². The zero-order chi connectivity index (χ0) is 17.2. The first-order valence-electron chi connectivity index (χ1n) is 7.39. The highest BCUT2D eigenvalue weighted by Gasteiger charge is 2.13. The number of rotatable bonds is 3. The van der Waals surface area contributed by atoms with Gasteiger partial charge in [-0.1, -0.05) is 24.3 Å². The van der Waals surface area contributed by atoms with Crippen molar-refractivity contribution in [1.29, 1.82) is 5.26 Å². The van der Waals surface area contributed by atoms with Crippen LogP contribution in [0.5, 0.6) is 0 Å². The number of benzene rings is 1. The molecule has 0 atom stereocenters. The maximum atomic E-state index is 12.3. The van der Waals surface area contributed by atoms with Crippen LogP contribution in [-0.4, -0.2) is 4.98 Å². The molecule has 25 heavy (non-hydrogen) atoms. The molecule has 0 spiro atoms. The van der Waals surface area contributed by atoms with E-state index in [0.29, 0.717) is 27.4 Å². The molecule has 3 aromatic heterocycles. The fourth-order valence-electron chi connectivity index (χ4n) is 2.42. The van der Waals surface area contributed by atoms with E-state index in [9.17, 15) is 10.1 Å². The Bertz CT molecular complexity index is 1180. The van der Waals surface area contributed by atoms with Crippen molar-refractivity contribution in [3.63, 3.8) is 0 Å². The summed E-state index contributed by atoms with van der Waals surface area (Å²) in [6, 6.07) is 15.2. The Morgan fingerprint density at radius 3 is 2.88 bits per heavy atom. The maximum absolute atomic E-state index is 12.3. The van der Waals surface area contributed by atoms with Crippen molar-refractivity contribution in [2.45, 2.75) is 0 Å². The third-order valence-corrected chi connectivity index (χ3v) is 5.30. The highest BCUT2D eigenvalue weighted by atomic mass is 32.1. The van der Waals surface area contributed by atoms with Gasteiger partial charge in [-0.05, 0) is 29.7 Å². The van der Waals surface area contributed by atoms with E-state index in [-0.39, 0.29) is 0 Å². The summed E-state index contributed by atoms with van der Waals surface area (Å²) in [5.41, 5.74) is 1.50. The van der Waals surface area contributed by atoms with E-state index in [4.69, 9.17) is 4.42 Å². The van der Waals surface area contributed by atoms with Crippen LogP contribution in [0.4, 0.5) is 0 Å². The van der Waals surface area contributed by atoms with Crippen molar-refractivity contribution in [3.8, 4) is 17.3 Å². The lowest BCUT2D eigenvalue weighted by Crippen LogP contribution is -2.02. The molecule has 0 saturated heterocycles. The highest BCUT2D eigenvalue weighted by molar-refractivity contribution is 7.12. The second-order valence-electron chi connectivity index (χ2n) is 5.21. The number of fused-ring (bicyclic) bond motifs is 1. The average Bonchev–Trinajstić information content (AvgIpc) is 3.31. The molecule has 0 aliphatic heterocycles. The quantitative estimate of drug-likeness (QED) is 0.378. The second kappa shape index (κ2) is 6.48. The normalized spacial score (nSPS) is 11.6. The first kappa shape index (κ1) is 15.5. The van der Waals surface area contributed by atoms with Crippen molar-refractivity contribution >= 4 is 45.3 Å². The number of thiophene rings is 1. The van der Waals surface area contributed by atoms with Gasteiger partial charge in [-0.15, -0.1) is 22.7 Å². The molecule has 4 rings (SSSR count). The van der Waals surface area contributed by atoms with Crippen LogP contribution in [0.1, 0.15) is 9.88 Å². The first-order valence-corrected chi connectivity index (χ1v) is 9.15. The fourth-order valence-corrected chi connectivity index (χ4v) is 3.86. The van der Waals surface area contributed by atoms with Gasteiger partial charge in [0.15, 0.2) is 0 Å². The van der Waals surface area contributed by atoms with E-state index < -0.39 is 5.63 Å². The van der Waals surface area contributed by atoms with Gasteiger partial charge in [-0.25, -0.2) is 9.78 Å². The Morgan fingerprint density at radius 1 is 1.20 bits per heavy atom. The molecule has 0 aliphatic rings. The summed E-state index contributed by atoms with van der Waals surface area (Å²) >= 11 is 2.89. The molecule has 0 fully saturated rings. The van der Waals surface area contributed by atoms with E-state index in [0.717, 1.165) is 10.3 Å². The number of nitriles is 1. The SMILES string of the molecule is N#C/C(=C/c1cccs1)c1nc(-c2cc3ccccc3oc2=O)cs1. The molecular formula is C19H10N2O2S2. The van der Waals surface area contributed by atoms with E-state index in [1.165, 1.54) is 11.3 Å². The zero-order valence-corrected chi connectivity index (χ0v) is 14.4. The predicted molar refractivity (Wildman–Crippen MR) is 101 cm³/mol. The van der Waals surface area contributed by atoms with Gasteiger partial charge in [0.05, 0.1) is 16.8 Å². The lowest BCUT2D eigenvalue weighted by Gasteiger charge is -1.99. The van der Waals surface area contributed by atoms with Crippen molar-refractivity contribution in [2.75, 3.05) is 0 Å². The van der Waals surface area contributed by atoms with Crippen LogP contribution in [0.2, 0.25) is 0 Å². The van der Waals surface area contributed by atoms with Crippen LogP contribution >= 0.6 is 22.7 Å². The van der Waals surface area contributed by atoms with Gasteiger partial charge >= 0.3 is 5.63 Å². The minimum absolute atomic E-state index is 0.398. The second-order valence-corrected chi connectivity index (χ2v) is 7.05. The Hall–Kier alpha value is -3.01. The van der Waals surface area contributed by atoms with Gasteiger partial charge in [-0.3, -0.25) is 0 Å². The van der Waals surface area contributed by atoms with Crippen LogP contribution in [0.15, 0.2) is 62.4 Å². The summed E-state index contributed by atoms with van der Waals surface area (Å²) in [5, 5.41) is 14.6. The predicted octanol–water partition coefficient (Wildman–Crippen LogP) is 5.04. The van der Waals surface area contributed by atoms with Crippen LogP contribution < -0.4 is 5.63 Å². The van der Waals surface area contributed by atoms with E-state index in [2.05, 4.69) is 11.1 Å².